The van der Waals surface area contributed by atoms with Crippen molar-refractivity contribution in [2.75, 3.05) is 30.8 Å². The second kappa shape index (κ2) is 5.48. The number of rotatable bonds is 2. The van der Waals surface area contributed by atoms with Gasteiger partial charge in [-0.1, -0.05) is 6.92 Å². The topological polar surface area (TPSA) is 78.6 Å². The Bertz CT molecular complexity index is 476. The van der Waals surface area contributed by atoms with Crippen LogP contribution in [0.2, 0.25) is 0 Å². The van der Waals surface area contributed by atoms with Gasteiger partial charge in [0.2, 0.25) is 0 Å². The second-order valence-corrected chi connectivity index (χ2v) is 5.14. The third-order valence-corrected chi connectivity index (χ3v) is 3.69. The van der Waals surface area contributed by atoms with Crippen LogP contribution in [0.15, 0.2) is 18.2 Å². The molecule has 1 saturated heterocycles. The number of aliphatic hydroxyl groups excluding tert-OH is 1. The number of benzene rings is 1. The standard InChI is InChI=1S/C14H21N3O2/c1-9-8-17(6-5-13(9)18)12-7-10(15)3-4-11(12)14(19)16-2/h3-4,7,9,13,18H,5-6,8,15H2,1-2H3,(H,16,19). The molecule has 0 aromatic heterocycles. The van der Waals surface area contributed by atoms with Crippen LogP contribution >= 0.6 is 0 Å². The fourth-order valence-corrected chi connectivity index (χ4v) is 2.49. The van der Waals surface area contributed by atoms with E-state index in [1.165, 1.54) is 0 Å². The number of piperidine rings is 1. The van der Waals surface area contributed by atoms with Gasteiger partial charge >= 0.3 is 0 Å². The molecule has 0 bridgehead atoms. The summed E-state index contributed by atoms with van der Waals surface area (Å²) in [4.78, 5) is 14.0. The Kier molecular flexibility index (Phi) is 3.95. The number of anilines is 2. The molecule has 104 valence electrons. The molecule has 19 heavy (non-hydrogen) atoms. The van der Waals surface area contributed by atoms with Gasteiger partial charge in [0.25, 0.3) is 5.91 Å². The largest absolute Gasteiger partial charge is 0.399 e. The van der Waals surface area contributed by atoms with Crippen molar-refractivity contribution in [2.45, 2.75) is 19.4 Å². The van der Waals surface area contributed by atoms with Gasteiger partial charge < -0.3 is 21.1 Å². The maximum absolute atomic E-state index is 11.9. The van der Waals surface area contributed by atoms with Crippen molar-refractivity contribution in [3.63, 3.8) is 0 Å². The number of nitrogens with zero attached hydrogens (tertiary/aromatic N) is 1. The van der Waals surface area contributed by atoms with Gasteiger partial charge in [0.05, 0.1) is 17.4 Å². The predicted octanol–water partition coefficient (Wildman–Crippen LogP) is 0.835. The van der Waals surface area contributed by atoms with Crippen molar-refractivity contribution in [3.05, 3.63) is 23.8 Å². The number of carbonyl (C=O) groups is 1. The number of aliphatic hydroxyl groups is 1. The molecule has 0 aliphatic carbocycles. The first-order chi connectivity index (χ1) is 9.02. The molecule has 5 nitrogen and oxygen atoms in total. The van der Waals surface area contributed by atoms with Gasteiger partial charge in [0.1, 0.15) is 0 Å². The molecule has 1 fully saturated rings. The SMILES string of the molecule is CNC(=O)c1ccc(N)cc1N1CCC(O)C(C)C1. The van der Waals surface area contributed by atoms with Crippen LogP contribution in [-0.2, 0) is 0 Å². The first-order valence-corrected chi connectivity index (χ1v) is 6.57. The van der Waals surface area contributed by atoms with Crippen LogP contribution in [0.4, 0.5) is 11.4 Å². The quantitative estimate of drug-likeness (QED) is 0.691. The Morgan fingerprint density at radius 2 is 2.26 bits per heavy atom. The van der Waals surface area contributed by atoms with Crippen LogP contribution in [0.3, 0.4) is 0 Å². The van der Waals surface area contributed by atoms with Gasteiger partial charge in [-0.15, -0.1) is 0 Å². The van der Waals surface area contributed by atoms with Crippen molar-refractivity contribution in [2.24, 2.45) is 5.92 Å². The zero-order valence-electron chi connectivity index (χ0n) is 11.4. The molecular weight excluding hydrogens is 242 g/mol. The highest BCUT2D eigenvalue weighted by atomic mass is 16.3. The van der Waals surface area contributed by atoms with E-state index in [4.69, 9.17) is 5.73 Å². The predicted molar refractivity (Wildman–Crippen MR) is 76.2 cm³/mol. The zero-order chi connectivity index (χ0) is 14.0. The van der Waals surface area contributed by atoms with Gasteiger partial charge in [-0.2, -0.15) is 0 Å². The lowest BCUT2D eigenvalue weighted by Crippen LogP contribution is -2.42. The molecule has 1 heterocycles. The number of nitrogens with one attached hydrogen (secondary N) is 1. The molecule has 0 radical (unpaired) electrons. The van der Waals surface area contributed by atoms with Crippen LogP contribution in [-0.4, -0.2) is 37.3 Å². The highest BCUT2D eigenvalue weighted by Gasteiger charge is 2.26. The Labute approximate surface area is 113 Å². The number of carbonyl (C=O) groups excluding carboxylic acids is 1. The Morgan fingerprint density at radius 1 is 1.53 bits per heavy atom. The van der Waals surface area contributed by atoms with Crippen molar-refractivity contribution >= 4 is 17.3 Å². The van der Waals surface area contributed by atoms with Crippen LogP contribution < -0.4 is 16.0 Å². The molecule has 0 spiro atoms. The number of hydrogen-bond donors (Lipinski definition) is 3. The van der Waals surface area contributed by atoms with Crippen LogP contribution in [0.5, 0.6) is 0 Å². The lowest BCUT2D eigenvalue weighted by atomic mass is 9.95. The van der Waals surface area contributed by atoms with Gasteiger partial charge in [-0.25, -0.2) is 0 Å². The van der Waals surface area contributed by atoms with Crippen molar-refractivity contribution in [1.29, 1.82) is 0 Å². The summed E-state index contributed by atoms with van der Waals surface area (Å²) in [7, 11) is 1.62. The van der Waals surface area contributed by atoms with E-state index in [1.54, 1.807) is 19.2 Å². The summed E-state index contributed by atoms with van der Waals surface area (Å²) in [6.07, 6.45) is 0.448. The van der Waals surface area contributed by atoms with Gasteiger partial charge in [0, 0.05) is 25.8 Å². The van der Waals surface area contributed by atoms with E-state index in [2.05, 4.69) is 10.2 Å². The summed E-state index contributed by atoms with van der Waals surface area (Å²) in [5.74, 6) is 0.0708. The van der Waals surface area contributed by atoms with Crippen molar-refractivity contribution < 1.29 is 9.90 Å². The summed E-state index contributed by atoms with van der Waals surface area (Å²) in [5, 5.41) is 12.4. The Morgan fingerprint density at radius 3 is 2.89 bits per heavy atom. The van der Waals surface area contributed by atoms with Gasteiger partial charge in [-0.05, 0) is 30.5 Å². The molecule has 2 unspecified atom stereocenters. The third-order valence-electron chi connectivity index (χ3n) is 3.69. The minimum Gasteiger partial charge on any atom is -0.399 e. The molecule has 1 amide bonds. The highest BCUT2D eigenvalue weighted by Crippen LogP contribution is 2.28. The molecule has 1 aromatic rings. The smallest absolute Gasteiger partial charge is 0.253 e. The van der Waals surface area contributed by atoms with Crippen LogP contribution in [0, 0.1) is 5.92 Å². The minimum atomic E-state index is -0.263. The molecule has 4 N–H and O–H groups in total. The second-order valence-electron chi connectivity index (χ2n) is 5.14. The lowest BCUT2D eigenvalue weighted by molar-refractivity contribution is 0.0953. The van der Waals surface area contributed by atoms with E-state index in [-0.39, 0.29) is 17.9 Å². The fraction of sp³-hybridized carbons (Fsp3) is 0.500. The summed E-state index contributed by atoms with van der Waals surface area (Å²) in [6.45, 7) is 3.48. The zero-order valence-corrected chi connectivity index (χ0v) is 11.4. The summed E-state index contributed by atoms with van der Waals surface area (Å²) in [5.41, 5.74) is 7.94. The number of nitrogens with two attached hydrogens (primary N) is 1. The molecule has 0 saturated carbocycles. The first-order valence-electron chi connectivity index (χ1n) is 6.57. The molecule has 2 rings (SSSR count). The molecular formula is C14H21N3O2. The molecule has 5 heteroatoms. The van der Waals surface area contributed by atoms with Crippen molar-refractivity contribution in [1.82, 2.24) is 5.32 Å². The number of nitrogen functional groups attached to an aromatic ring is 1. The van der Waals surface area contributed by atoms with E-state index in [1.807, 2.05) is 13.0 Å². The molecule has 1 aliphatic rings. The lowest BCUT2D eigenvalue weighted by Gasteiger charge is -2.36. The van der Waals surface area contributed by atoms with Gasteiger partial charge in [0.15, 0.2) is 0 Å². The summed E-state index contributed by atoms with van der Waals surface area (Å²) >= 11 is 0. The third kappa shape index (κ3) is 2.81. The van der Waals surface area contributed by atoms with Crippen molar-refractivity contribution in [3.8, 4) is 0 Å². The molecule has 1 aromatic carbocycles. The van der Waals surface area contributed by atoms with E-state index >= 15 is 0 Å². The Hall–Kier alpha value is -1.75. The highest BCUT2D eigenvalue weighted by molar-refractivity contribution is 6.00. The monoisotopic (exact) mass is 263 g/mol. The minimum absolute atomic E-state index is 0.117. The maximum atomic E-state index is 11.9. The number of amides is 1. The van der Waals surface area contributed by atoms with E-state index in [9.17, 15) is 9.90 Å². The fourth-order valence-electron chi connectivity index (χ4n) is 2.49. The van der Waals surface area contributed by atoms with E-state index < -0.39 is 0 Å². The van der Waals surface area contributed by atoms with Gasteiger partial charge in [-0.3, -0.25) is 4.79 Å². The van der Waals surface area contributed by atoms with Crippen LogP contribution in [0.25, 0.3) is 0 Å². The maximum Gasteiger partial charge on any atom is 0.253 e. The molecule has 2 atom stereocenters. The van der Waals surface area contributed by atoms with E-state index in [0.717, 1.165) is 18.8 Å². The van der Waals surface area contributed by atoms with Crippen LogP contribution in [0.1, 0.15) is 23.7 Å². The van der Waals surface area contributed by atoms with E-state index in [0.29, 0.717) is 17.7 Å². The summed E-state index contributed by atoms with van der Waals surface area (Å²) in [6, 6.07) is 5.31. The number of hydrogen-bond acceptors (Lipinski definition) is 4. The normalized spacial score (nSPS) is 23.2. The molecule has 1 aliphatic heterocycles. The average Bonchev–Trinajstić information content (AvgIpc) is 2.41. The first kappa shape index (κ1) is 13.7. The summed E-state index contributed by atoms with van der Waals surface area (Å²) < 4.78 is 0. The average molecular weight is 263 g/mol. The Balaban J connectivity index is 2.32.